The van der Waals surface area contributed by atoms with Crippen molar-refractivity contribution in [2.24, 2.45) is 0 Å². The molecule has 0 saturated heterocycles. The standard InChI is InChI=1S/C29H56N6O10Si/c1-29(2,15-11-18-32-25(40)30-16-9-7-13-21(23(36)37)34-27(42)44-3)46(5,6)20-12-19-33-26(41)31-17-10-8-14-22(24(38)39)35-28(43)45-4/h21-22H,7-20H2,1-6H3,(H,34,42)(H,35,43)(H,36,37)(H,38,39)(H2,30,32,40)(H2,31,33,41). The number of hydrogen-bond donors (Lipinski definition) is 8. The summed E-state index contributed by atoms with van der Waals surface area (Å²) in [6, 6.07) is -1.60. The summed E-state index contributed by atoms with van der Waals surface area (Å²) in [5.74, 6) is -2.28. The number of nitrogens with one attached hydrogen (secondary N) is 6. The molecule has 0 radical (unpaired) electrons. The second-order valence-electron chi connectivity index (χ2n) is 12.4. The maximum atomic E-state index is 12.1. The molecule has 2 atom stereocenters. The SMILES string of the molecule is COC(=O)NC(CCCCNC(=O)NCCCC(C)(C)[Si](C)(C)CCCNC(=O)NCCCCC(NC(=O)OC)C(=O)O)C(=O)O. The maximum Gasteiger partial charge on any atom is 0.407 e. The average Bonchev–Trinajstić information content (AvgIpc) is 2.99. The Bertz CT molecular complexity index is 906. The van der Waals surface area contributed by atoms with E-state index in [1.165, 1.54) is 0 Å². The first-order chi connectivity index (χ1) is 21.6. The molecule has 266 valence electrons. The van der Waals surface area contributed by atoms with Gasteiger partial charge in [-0.25, -0.2) is 28.8 Å². The third-order valence-corrected chi connectivity index (χ3v) is 13.8. The Morgan fingerprint density at radius 1 is 0.630 bits per heavy atom. The normalized spacial score (nSPS) is 12.6. The van der Waals surface area contributed by atoms with Crippen molar-refractivity contribution in [3.8, 4) is 0 Å². The van der Waals surface area contributed by atoms with Gasteiger partial charge in [0.05, 0.1) is 22.3 Å². The molecule has 0 saturated carbocycles. The largest absolute Gasteiger partial charge is 0.480 e. The zero-order valence-corrected chi connectivity index (χ0v) is 29.2. The van der Waals surface area contributed by atoms with Crippen LogP contribution in [0.5, 0.6) is 0 Å². The van der Waals surface area contributed by atoms with Crippen LogP contribution in [0.4, 0.5) is 19.2 Å². The first kappa shape index (κ1) is 42.2. The predicted molar refractivity (Wildman–Crippen MR) is 175 cm³/mol. The number of urea groups is 2. The van der Waals surface area contributed by atoms with Gasteiger partial charge in [-0.05, 0) is 62.8 Å². The molecule has 0 spiro atoms. The fraction of sp³-hybridized carbons (Fsp3) is 0.793. The van der Waals surface area contributed by atoms with Gasteiger partial charge in [-0.2, -0.15) is 0 Å². The summed E-state index contributed by atoms with van der Waals surface area (Å²) in [4.78, 5) is 69.1. The lowest BCUT2D eigenvalue weighted by molar-refractivity contribution is -0.140. The molecule has 0 aliphatic heterocycles. The van der Waals surface area contributed by atoms with Gasteiger partial charge >= 0.3 is 36.2 Å². The minimum Gasteiger partial charge on any atom is -0.480 e. The van der Waals surface area contributed by atoms with Crippen molar-refractivity contribution in [3.05, 3.63) is 0 Å². The van der Waals surface area contributed by atoms with E-state index in [-0.39, 0.29) is 29.9 Å². The molecule has 0 rings (SSSR count). The predicted octanol–water partition coefficient (Wildman–Crippen LogP) is 3.20. The van der Waals surface area contributed by atoms with Gasteiger partial charge in [0.15, 0.2) is 0 Å². The van der Waals surface area contributed by atoms with Gasteiger partial charge in [0, 0.05) is 26.2 Å². The summed E-state index contributed by atoms with van der Waals surface area (Å²) in [6.45, 7) is 11.0. The molecule has 17 heteroatoms. The van der Waals surface area contributed by atoms with E-state index in [1.807, 2.05) is 0 Å². The molecule has 46 heavy (non-hydrogen) atoms. The van der Waals surface area contributed by atoms with Gasteiger partial charge < -0.3 is 51.6 Å². The van der Waals surface area contributed by atoms with Crippen molar-refractivity contribution < 1.29 is 48.5 Å². The summed E-state index contributed by atoms with van der Waals surface area (Å²) >= 11 is 0. The topological polar surface area (TPSA) is 234 Å². The average molecular weight is 677 g/mol. The number of alkyl carbamates (subject to hydrolysis) is 2. The molecule has 0 aromatic heterocycles. The summed E-state index contributed by atoms with van der Waals surface area (Å²) in [7, 11) is 0.654. The zero-order valence-electron chi connectivity index (χ0n) is 28.2. The number of unbranched alkanes of at least 4 members (excludes halogenated alkanes) is 2. The number of ether oxygens (including phenoxy) is 2. The Morgan fingerprint density at radius 3 is 1.37 bits per heavy atom. The second kappa shape index (κ2) is 22.7. The highest BCUT2D eigenvalue weighted by molar-refractivity contribution is 6.80. The van der Waals surface area contributed by atoms with E-state index in [9.17, 15) is 28.8 Å². The molecule has 0 aromatic rings. The molecule has 0 heterocycles. The molecule has 8 N–H and O–H groups in total. The first-order valence-corrected chi connectivity index (χ1v) is 18.9. The third-order valence-electron chi connectivity index (χ3n) is 8.32. The molecule has 16 nitrogen and oxygen atoms in total. The van der Waals surface area contributed by atoms with Crippen LogP contribution in [0, 0.1) is 0 Å². The van der Waals surface area contributed by atoms with Crippen LogP contribution in [-0.2, 0) is 19.1 Å². The molecule has 0 fully saturated rings. The number of rotatable bonds is 23. The van der Waals surface area contributed by atoms with Crippen molar-refractivity contribution in [1.82, 2.24) is 31.9 Å². The number of carbonyl (C=O) groups excluding carboxylic acids is 4. The number of amides is 6. The van der Waals surface area contributed by atoms with Crippen LogP contribution in [0.1, 0.15) is 71.6 Å². The molecule has 0 bridgehead atoms. The summed E-state index contributed by atoms with van der Waals surface area (Å²) in [5.41, 5.74) is 0. The van der Waals surface area contributed by atoms with E-state index in [0.717, 1.165) is 39.5 Å². The van der Waals surface area contributed by atoms with Gasteiger partial charge in [0.25, 0.3) is 0 Å². The smallest absolute Gasteiger partial charge is 0.407 e. The van der Waals surface area contributed by atoms with Crippen LogP contribution in [0.2, 0.25) is 24.2 Å². The number of carbonyl (C=O) groups is 6. The Morgan fingerprint density at radius 2 is 1.00 bits per heavy atom. The maximum absolute atomic E-state index is 12.1. The lowest BCUT2D eigenvalue weighted by atomic mass is 10.1. The van der Waals surface area contributed by atoms with Gasteiger partial charge in [0.2, 0.25) is 0 Å². The fourth-order valence-electron chi connectivity index (χ4n) is 4.53. The highest BCUT2D eigenvalue weighted by Gasteiger charge is 2.37. The monoisotopic (exact) mass is 676 g/mol. The lowest BCUT2D eigenvalue weighted by Gasteiger charge is -2.40. The van der Waals surface area contributed by atoms with E-state index in [1.54, 1.807) is 0 Å². The van der Waals surface area contributed by atoms with E-state index >= 15 is 0 Å². The van der Waals surface area contributed by atoms with Crippen molar-refractivity contribution >= 4 is 44.3 Å². The quantitative estimate of drug-likeness (QED) is 0.0581. The minimum absolute atomic E-state index is 0.114. The number of hydrogen-bond acceptors (Lipinski definition) is 8. The fourth-order valence-corrected chi connectivity index (χ4v) is 7.13. The molecule has 0 aliphatic rings. The molecule has 0 aliphatic carbocycles. The van der Waals surface area contributed by atoms with Crippen LogP contribution in [-0.4, -0.2) is 107 Å². The van der Waals surface area contributed by atoms with Crippen molar-refractivity contribution in [1.29, 1.82) is 0 Å². The Balaban J connectivity index is 4.14. The Hall–Kier alpha value is -3.76. The summed E-state index contributed by atoms with van der Waals surface area (Å²) < 4.78 is 8.85. The van der Waals surface area contributed by atoms with Crippen molar-refractivity contribution in [2.75, 3.05) is 40.4 Å². The van der Waals surface area contributed by atoms with Crippen LogP contribution in [0.3, 0.4) is 0 Å². The van der Waals surface area contributed by atoms with E-state index in [2.05, 4.69) is 68.3 Å². The Labute approximate surface area is 272 Å². The highest BCUT2D eigenvalue weighted by Crippen LogP contribution is 2.44. The summed E-state index contributed by atoms with van der Waals surface area (Å²) in [5, 5.41) is 34.2. The summed E-state index contributed by atoms with van der Waals surface area (Å²) in [6.07, 6.45) is 3.61. The van der Waals surface area contributed by atoms with E-state index < -0.39 is 44.3 Å². The number of aliphatic carboxylic acids is 2. The number of carboxylic acids is 2. The van der Waals surface area contributed by atoms with Crippen LogP contribution >= 0.6 is 0 Å². The number of methoxy groups -OCH3 is 2. The molecule has 6 amide bonds. The highest BCUT2D eigenvalue weighted by atomic mass is 28.3. The third kappa shape index (κ3) is 18.9. The van der Waals surface area contributed by atoms with Gasteiger partial charge in [-0.1, -0.05) is 33.0 Å². The molecular weight excluding hydrogens is 620 g/mol. The first-order valence-electron chi connectivity index (χ1n) is 15.7. The molecule has 2 unspecified atom stereocenters. The second-order valence-corrected chi connectivity index (χ2v) is 18.0. The van der Waals surface area contributed by atoms with Crippen molar-refractivity contribution in [3.63, 3.8) is 0 Å². The van der Waals surface area contributed by atoms with E-state index in [4.69, 9.17) is 10.2 Å². The van der Waals surface area contributed by atoms with Crippen LogP contribution in [0.15, 0.2) is 0 Å². The number of carboxylic acid groups (broad SMARTS) is 2. The minimum atomic E-state index is -1.67. The van der Waals surface area contributed by atoms with Gasteiger partial charge in [0.1, 0.15) is 12.1 Å². The molecule has 0 aromatic carbocycles. The lowest BCUT2D eigenvalue weighted by Crippen LogP contribution is -2.42. The van der Waals surface area contributed by atoms with E-state index in [0.29, 0.717) is 51.9 Å². The van der Waals surface area contributed by atoms with Gasteiger partial charge in [-0.3, -0.25) is 0 Å². The van der Waals surface area contributed by atoms with Crippen LogP contribution in [0.25, 0.3) is 0 Å². The molecular formula is C29H56N6O10Si. The van der Waals surface area contributed by atoms with Crippen LogP contribution < -0.4 is 31.9 Å². The Kier molecular flexibility index (Phi) is 20.8. The van der Waals surface area contributed by atoms with Gasteiger partial charge in [-0.15, -0.1) is 0 Å². The zero-order chi connectivity index (χ0) is 35.2. The van der Waals surface area contributed by atoms with Crippen molar-refractivity contribution in [2.45, 2.75) is 108 Å².